The molecule has 2 aliphatic heterocycles. The maximum absolute atomic E-state index is 13.5. The minimum atomic E-state index is -4.62. The van der Waals surface area contributed by atoms with Crippen molar-refractivity contribution < 1.29 is 27.8 Å². The van der Waals surface area contributed by atoms with Crippen molar-refractivity contribution in [1.29, 1.82) is 0 Å². The normalized spacial score (nSPS) is 22.0. The summed E-state index contributed by atoms with van der Waals surface area (Å²) in [7, 11) is 0. The lowest BCUT2D eigenvalue weighted by molar-refractivity contribution is -0.142. The van der Waals surface area contributed by atoms with Crippen LogP contribution < -0.4 is 15.0 Å². The SMILES string of the molecule is Oc1ccc(N2CCn3c(nnc3[C@H]3CCC[C@@H](Nc4ncc(C(F)(F)F)c(OC5COC5)n4)C3)C2)cn1. The third-order valence-electron chi connectivity index (χ3n) is 7.20. The minimum Gasteiger partial charge on any atom is -0.493 e. The van der Waals surface area contributed by atoms with Crippen molar-refractivity contribution in [2.75, 3.05) is 30.0 Å². The van der Waals surface area contributed by atoms with Crippen molar-refractivity contribution in [1.82, 2.24) is 29.7 Å². The molecule has 2 fully saturated rings. The molecular weight excluding hydrogens is 505 g/mol. The van der Waals surface area contributed by atoms with Crippen molar-refractivity contribution in [3.05, 3.63) is 41.7 Å². The molecule has 14 heteroatoms. The van der Waals surface area contributed by atoms with E-state index in [1.54, 1.807) is 12.3 Å². The second kappa shape index (κ2) is 9.89. The second-order valence-electron chi connectivity index (χ2n) is 9.81. The first-order valence-corrected chi connectivity index (χ1v) is 12.6. The first-order valence-electron chi connectivity index (χ1n) is 12.6. The van der Waals surface area contributed by atoms with Gasteiger partial charge in [-0.2, -0.15) is 18.2 Å². The molecule has 1 saturated carbocycles. The minimum absolute atomic E-state index is 0.0184. The molecular formula is C24H27F3N8O3. The molecule has 38 heavy (non-hydrogen) atoms. The van der Waals surface area contributed by atoms with Crippen molar-refractivity contribution in [2.45, 2.75) is 63.0 Å². The average molecular weight is 533 g/mol. The summed E-state index contributed by atoms with van der Waals surface area (Å²) >= 11 is 0. The lowest BCUT2D eigenvalue weighted by atomic mass is 9.85. The van der Waals surface area contributed by atoms with Crippen LogP contribution in [-0.2, 0) is 24.0 Å². The predicted octanol–water partition coefficient (Wildman–Crippen LogP) is 3.12. The predicted molar refractivity (Wildman–Crippen MR) is 128 cm³/mol. The molecule has 3 aromatic heterocycles. The number of hydrogen-bond donors (Lipinski definition) is 2. The maximum Gasteiger partial charge on any atom is 0.423 e. The van der Waals surface area contributed by atoms with Crippen LogP contribution in [0.2, 0.25) is 0 Å². The van der Waals surface area contributed by atoms with Gasteiger partial charge < -0.3 is 29.4 Å². The summed E-state index contributed by atoms with van der Waals surface area (Å²) in [4.78, 5) is 14.1. The molecule has 202 valence electrons. The van der Waals surface area contributed by atoms with Gasteiger partial charge in [0.05, 0.1) is 31.6 Å². The number of halogens is 3. The van der Waals surface area contributed by atoms with E-state index in [1.165, 1.54) is 0 Å². The van der Waals surface area contributed by atoms with E-state index in [9.17, 15) is 18.3 Å². The van der Waals surface area contributed by atoms with E-state index in [0.717, 1.165) is 62.3 Å². The average Bonchev–Trinajstić information content (AvgIpc) is 3.30. The Labute approximate surface area is 216 Å². The maximum atomic E-state index is 13.5. The summed E-state index contributed by atoms with van der Waals surface area (Å²) in [5.41, 5.74) is -0.0889. The molecule has 3 aliphatic rings. The number of ether oxygens (including phenoxy) is 2. The van der Waals surface area contributed by atoms with Crippen LogP contribution >= 0.6 is 0 Å². The van der Waals surface area contributed by atoms with Crippen LogP contribution in [0.4, 0.5) is 24.8 Å². The van der Waals surface area contributed by atoms with E-state index < -0.39 is 23.7 Å². The van der Waals surface area contributed by atoms with Crippen molar-refractivity contribution >= 4 is 11.6 Å². The van der Waals surface area contributed by atoms with Crippen molar-refractivity contribution in [3.63, 3.8) is 0 Å². The molecule has 2 N–H and O–H groups in total. The quantitative estimate of drug-likeness (QED) is 0.489. The molecule has 11 nitrogen and oxygen atoms in total. The fraction of sp³-hybridized carbons (Fsp3) is 0.542. The molecule has 3 aromatic rings. The highest BCUT2D eigenvalue weighted by Crippen LogP contribution is 2.37. The molecule has 1 saturated heterocycles. The molecule has 2 atom stereocenters. The molecule has 5 heterocycles. The number of pyridine rings is 1. The van der Waals surface area contributed by atoms with Crippen LogP contribution in [0.1, 0.15) is 48.8 Å². The molecule has 0 unspecified atom stereocenters. The molecule has 0 aromatic carbocycles. The van der Waals surface area contributed by atoms with Crippen LogP contribution in [0, 0.1) is 0 Å². The van der Waals surface area contributed by atoms with Crippen LogP contribution in [0.15, 0.2) is 24.5 Å². The number of aromatic nitrogens is 6. The molecule has 1 aliphatic carbocycles. The monoisotopic (exact) mass is 532 g/mol. The van der Waals surface area contributed by atoms with E-state index in [2.05, 4.69) is 39.9 Å². The molecule has 6 rings (SSSR count). The van der Waals surface area contributed by atoms with Gasteiger partial charge in [0.2, 0.25) is 17.7 Å². The van der Waals surface area contributed by atoms with Gasteiger partial charge in [-0.1, -0.05) is 6.42 Å². The first kappa shape index (κ1) is 24.6. The standard InChI is InChI=1S/C24H27F3N8O3/c25-24(26,27)18-10-29-23(31-22(18)38-17-12-37-13-17)30-15-3-1-2-14(8-15)21-33-32-19-11-34(6-7-35(19)21)16-4-5-20(36)28-9-16/h4-5,9-10,14-15,17H,1-3,6-8,11-13H2,(H,28,36)(H,29,30,31)/t14-,15+/m0/s1. The van der Waals surface area contributed by atoms with Crippen LogP contribution in [0.3, 0.4) is 0 Å². The van der Waals surface area contributed by atoms with Gasteiger partial charge in [0.15, 0.2) is 5.82 Å². The second-order valence-corrected chi connectivity index (χ2v) is 9.81. The number of anilines is 2. The van der Waals surface area contributed by atoms with Gasteiger partial charge >= 0.3 is 6.18 Å². The van der Waals surface area contributed by atoms with Gasteiger partial charge in [0.1, 0.15) is 17.5 Å². The summed E-state index contributed by atoms with van der Waals surface area (Å²) in [6, 6.07) is 3.36. The summed E-state index contributed by atoms with van der Waals surface area (Å²) in [6.07, 6.45) is 0.810. The molecule has 0 bridgehead atoms. The van der Waals surface area contributed by atoms with E-state index in [-0.39, 0.29) is 37.0 Å². The topological polar surface area (TPSA) is 123 Å². The summed E-state index contributed by atoms with van der Waals surface area (Å²) in [6.45, 7) is 2.54. The Morgan fingerprint density at radius 1 is 1.08 bits per heavy atom. The van der Waals surface area contributed by atoms with Crippen LogP contribution in [0.25, 0.3) is 0 Å². The number of aromatic hydroxyl groups is 1. The Morgan fingerprint density at radius 3 is 2.68 bits per heavy atom. The van der Waals surface area contributed by atoms with E-state index in [1.807, 2.05) is 6.07 Å². The highest BCUT2D eigenvalue weighted by molar-refractivity contribution is 5.46. The number of nitrogens with zero attached hydrogens (tertiary/aromatic N) is 7. The van der Waals surface area contributed by atoms with Gasteiger partial charge in [0, 0.05) is 37.3 Å². The van der Waals surface area contributed by atoms with Gasteiger partial charge in [-0.15, -0.1) is 10.2 Å². The zero-order valence-corrected chi connectivity index (χ0v) is 20.4. The Kier molecular flexibility index (Phi) is 6.41. The molecule has 0 radical (unpaired) electrons. The number of fused-ring (bicyclic) bond motifs is 1. The Bertz CT molecular complexity index is 1280. The molecule has 0 amide bonds. The number of hydrogen-bond acceptors (Lipinski definition) is 10. The smallest absolute Gasteiger partial charge is 0.423 e. The summed E-state index contributed by atoms with van der Waals surface area (Å²) < 4.78 is 53.0. The third-order valence-corrected chi connectivity index (χ3v) is 7.20. The fourth-order valence-corrected chi connectivity index (χ4v) is 5.17. The van der Waals surface area contributed by atoms with Crippen LogP contribution in [-0.4, -0.2) is 66.7 Å². The lowest BCUT2D eigenvalue weighted by Crippen LogP contribution is -2.39. The fourth-order valence-electron chi connectivity index (χ4n) is 5.17. The summed E-state index contributed by atoms with van der Waals surface area (Å²) in [5.74, 6) is 1.56. The number of nitrogens with one attached hydrogen (secondary N) is 1. The first-order chi connectivity index (χ1) is 18.3. The van der Waals surface area contributed by atoms with Crippen molar-refractivity contribution in [2.24, 2.45) is 0 Å². The number of alkyl halides is 3. The Morgan fingerprint density at radius 2 is 1.95 bits per heavy atom. The molecule has 0 spiro atoms. The van der Waals surface area contributed by atoms with Crippen LogP contribution in [0.5, 0.6) is 11.8 Å². The van der Waals surface area contributed by atoms with E-state index in [0.29, 0.717) is 6.54 Å². The van der Waals surface area contributed by atoms with Gasteiger partial charge in [-0.05, 0) is 25.3 Å². The van der Waals surface area contributed by atoms with Gasteiger partial charge in [0.25, 0.3) is 0 Å². The van der Waals surface area contributed by atoms with Gasteiger partial charge in [-0.25, -0.2) is 9.97 Å². The highest BCUT2D eigenvalue weighted by atomic mass is 19.4. The Balaban J connectivity index is 1.14. The van der Waals surface area contributed by atoms with E-state index >= 15 is 0 Å². The van der Waals surface area contributed by atoms with Crippen molar-refractivity contribution in [3.8, 4) is 11.8 Å². The lowest BCUT2D eigenvalue weighted by Gasteiger charge is -2.32. The summed E-state index contributed by atoms with van der Waals surface area (Å²) in [5, 5.41) is 21.6. The van der Waals surface area contributed by atoms with E-state index in [4.69, 9.17) is 9.47 Å². The zero-order chi connectivity index (χ0) is 26.3. The number of rotatable bonds is 6. The van der Waals surface area contributed by atoms with Gasteiger partial charge in [-0.3, -0.25) is 0 Å². The Hall–Kier alpha value is -3.68. The highest BCUT2D eigenvalue weighted by Gasteiger charge is 2.38. The largest absolute Gasteiger partial charge is 0.493 e. The zero-order valence-electron chi connectivity index (χ0n) is 20.4. The third kappa shape index (κ3) is 5.04.